The predicted octanol–water partition coefficient (Wildman–Crippen LogP) is -2.76. The zero-order chi connectivity index (χ0) is 27.1. The smallest absolute Gasteiger partial charge is 0.0233 e. The highest BCUT2D eigenvalue weighted by atomic mass is 15.2. The van der Waals surface area contributed by atoms with Crippen molar-refractivity contribution in [2.75, 3.05) is 144 Å². The largest absolute Gasteiger partial charge is 0.315 e. The maximum Gasteiger partial charge on any atom is 0.0233 e. The van der Waals surface area contributed by atoms with Crippen LogP contribution in [0.5, 0.6) is 0 Å². The Bertz CT molecular complexity index is 556. The third-order valence-corrected chi connectivity index (χ3v) is 8.25. The normalized spacial score (nSPS) is 29.8. The number of fused-ring (bicyclic) bond motifs is 2. The molecule has 0 aliphatic carbocycles. The van der Waals surface area contributed by atoms with Gasteiger partial charge in [-0.05, 0) is 45.3 Å². The van der Waals surface area contributed by atoms with Crippen LogP contribution in [0, 0.1) is 0 Å². The van der Waals surface area contributed by atoms with Gasteiger partial charge in [-0.2, -0.15) is 0 Å². The van der Waals surface area contributed by atoms with Gasteiger partial charge in [0.1, 0.15) is 0 Å². The predicted molar refractivity (Wildman–Crippen MR) is 165 cm³/mol. The van der Waals surface area contributed by atoms with E-state index in [4.69, 9.17) is 0 Å². The van der Waals surface area contributed by atoms with Gasteiger partial charge in [0, 0.05) is 136 Å². The van der Waals surface area contributed by atoms with Crippen LogP contribution >= 0.6 is 0 Å². The number of nitrogens with one attached hydrogen (secondary N) is 9. The van der Waals surface area contributed by atoms with E-state index in [-0.39, 0.29) is 0 Å². The van der Waals surface area contributed by atoms with E-state index in [1.807, 2.05) is 0 Å². The summed E-state index contributed by atoms with van der Waals surface area (Å²) in [5.41, 5.74) is 0. The summed E-state index contributed by atoms with van der Waals surface area (Å²) in [7, 11) is 0. The van der Waals surface area contributed by atoms with Gasteiger partial charge in [0.05, 0.1) is 0 Å². The number of rotatable bonds is 0. The lowest BCUT2D eigenvalue weighted by molar-refractivity contribution is 0.0914. The van der Waals surface area contributed by atoms with Gasteiger partial charge in [0.15, 0.2) is 0 Å². The minimum absolute atomic E-state index is 0.702. The van der Waals surface area contributed by atoms with Crippen molar-refractivity contribution in [3.05, 3.63) is 0 Å². The summed E-state index contributed by atoms with van der Waals surface area (Å²) < 4.78 is 0. The van der Waals surface area contributed by atoms with Gasteiger partial charge < -0.3 is 47.9 Å². The third-order valence-electron chi connectivity index (χ3n) is 8.25. The molecule has 3 rings (SSSR count). The second-order valence-electron chi connectivity index (χ2n) is 11.3. The Morgan fingerprint density at radius 2 is 0.692 bits per heavy atom. The second kappa shape index (κ2) is 23.2. The molecule has 11 nitrogen and oxygen atoms in total. The highest BCUT2D eigenvalue weighted by molar-refractivity contribution is 4.85. The second-order valence-corrected chi connectivity index (χ2v) is 11.3. The first-order chi connectivity index (χ1) is 19.4. The van der Waals surface area contributed by atoms with Crippen LogP contribution in [0.15, 0.2) is 0 Å². The van der Waals surface area contributed by atoms with Crippen molar-refractivity contribution in [2.24, 2.45) is 0 Å². The molecular formula is C28H63N11. The summed E-state index contributed by atoms with van der Waals surface area (Å²) in [4.78, 5) is 5.29. The first kappa shape index (κ1) is 33.1. The van der Waals surface area contributed by atoms with Gasteiger partial charge in [-0.3, -0.25) is 9.80 Å². The molecule has 0 aromatic rings. The topological polar surface area (TPSA) is 115 Å². The van der Waals surface area contributed by atoms with Crippen LogP contribution in [0.4, 0.5) is 0 Å². The fourth-order valence-electron chi connectivity index (χ4n) is 5.70. The van der Waals surface area contributed by atoms with E-state index in [0.717, 1.165) is 137 Å². The Balaban J connectivity index is 1.24. The molecule has 0 bridgehead atoms. The molecule has 0 radical (unpaired) electrons. The van der Waals surface area contributed by atoms with Gasteiger partial charge >= 0.3 is 0 Å². The van der Waals surface area contributed by atoms with Crippen molar-refractivity contribution in [1.29, 1.82) is 0 Å². The minimum Gasteiger partial charge on any atom is -0.315 e. The first-order valence-corrected chi connectivity index (χ1v) is 16.3. The molecule has 0 amide bonds. The lowest BCUT2D eigenvalue weighted by Crippen LogP contribution is -2.55. The molecule has 0 aromatic carbocycles. The summed E-state index contributed by atoms with van der Waals surface area (Å²) in [6.45, 7) is 23.9. The van der Waals surface area contributed by atoms with E-state index in [1.54, 1.807) is 0 Å². The highest BCUT2D eigenvalue weighted by Crippen LogP contribution is 2.16. The summed E-state index contributed by atoms with van der Waals surface area (Å²) in [6, 6.07) is 1.42. The van der Waals surface area contributed by atoms with E-state index in [2.05, 4.69) is 57.7 Å². The highest BCUT2D eigenvalue weighted by Gasteiger charge is 2.26. The minimum atomic E-state index is 0.702. The standard InChI is InChI=1S/C28H63N11/c1-3-27-25-36-17-15-32-10-8-30-6-2-5-29-7-9-31-11-13-35-20-24-39-22-4-28(39)26-37-18-16-33-12-14-34-19-23-38(27)21-1/h27-37H,1-26H2. The van der Waals surface area contributed by atoms with E-state index in [1.165, 1.54) is 38.8 Å². The Kier molecular flexibility index (Phi) is 19.6. The van der Waals surface area contributed by atoms with Gasteiger partial charge in [-0.1, -0.05) is 0 Å². The lowest BCUT2D eigenvalue weighted by Gasteiger charge is -2.41. The molecule has 0 spiro atoms. The molecular weight excluding hydrogens is 490 g/mol. The molecule has 2 atom stereocenters. The quantitative estimate of drug-likeness (QED) is 0.155. The molecule has 3 saturated heterocycles. The average molecular weight is 554 g/mol. The fraction of sp³-hybridized carbons (Fsp3) is 1.00. The fourth-order valence-corrected chi connectivity index (χ4v) is 5.70. The molecule has 3 aliphatic heterocycles. The summed E-state index contributed by atoms with van der Waals surface area (Å²) in [5, 5.41) is 32.3. The number of nitrogens with zero attached hydrogens (tertiary/aromatic N) is 2. The average Bonchev–Trinajstić information content (AvgIpc) is 3.38. The summed E-state index contributed by atoms with van der Waals surface area (Å²) in [5.74, 6) is 0. The van der Waals surface area contributed by atoms with Crippen LogP contribution in [0.2, 0.25) is 0 Å². The Hall–Kier alpha value is -0.440. The van der Waals surface area contributed by atoms with Crippen molar-refractivity contribution in [1.82, 2.24) is 57.7 Å². The number of hydrogen-bond acceptors (Lipinski definition) is 11. The van der Waals surface area contributed by atoms with Crippen molar-refractivity contribution in [2.45, 2.75) is 37.8 Å². The van der Waals surface area contributed by atoms with Crippen LogP contribution in [0.3, 0.4) is 0 Å². The molecule has 3 heterocycles. The van der Waals surface area contributed by atoms with Crippen molar-refractivity contribution >= 4 is 0 Å². The summed E-state index contributed by atoms with van der Waals surface area (Å²) >= 11 is 0. The van der Waals surface area contributed by atoms with Crippen LogP contribution in [0.1, 0.15) is 25.7 Å². The van der Waals surface area contributed by atoms with Crippen LogP contribution in [0.25, 0.3) is 0 Å². The molecule has 0 saturated carbocycles. The first-order valence-electron chi connectivity index (χ1n) is 16.3. The lowest BCUT2D eigenvalue weighted by atomic mass is 10.0. The Labute approximate surface area is 239 Å². The molecule has 11 heteroatoms. The third kappa shape index (κ3) is 16.0. The molecule has 230 valence electrons. The van der Waals surface area contributed by atoms with Crippen molar-refractivity contribution < 1.29 is 0 Å². The van der Waals surface area contributed by atoms with Crippen LogP contribution in [-0.2, 0) is 0 Å². The molecule has 39 heavy (non-hydrogen) atoms. The summed E-state index contributed by atoms with van der Waals surface area (Å²) in [6.07, 6.45) is 5.19. The Morgan fingerprint density at radius 1 is 0.308 bits per heavy atom. The van der Waals surface area contributed by atoms with Crippen LogP contribution in [-0.4, -0.2) is 166 Å². The van der Waals surface area contributed by atoms with E-state index < -0.39 is 0 Å². The van der Waals surface area contributed by atoms with Crippen molar-refractivity contribution in [3.63, 3.8) is 0 Å². The van der Waals surface area contributed by atoms with Crippen LogP contribution < -0.4 is 47.9 Å². The maximum atomic E-state index is 3.68. The molecule has 2 unspecified atom stereocenters. The molecule has 0 aromatic heterocycles. The SMILES string of the molecule is C1CNCCNCCNCCN2CCC2CNCCNCCNCCN2CCCC2CNCCNCCNC1. The zero-order valence-electron chi connectivity index (χ0n) is 24.9. The van der Waals surface area contributed by atoms with E-state index in [0.29, 0.717) is 6.04 Å². The number of hydrogen-bond donors (Lipinski definition) is 9. The zero-order valence-corrected chi connectivity index (χ0v) is 24.9. The van der Waals surface area contributed by atoms with E-state index >= 15 is 0 Å². The monoisotopic (exact) mass is 554 g/mol. The van der Waals surface area contributed by atoms with Gasteiger partial charge in [0.2, 0.25) is 0 Å². The molecule has 9 N–H and O–H groups in total. The van der Waals surface area contributed by atoms with Gasteiger partial charge in [0.25, 0.3) is 0 Å². The molecule has 3 fully saturated rings. The maximum absolute atomic E-state index is 3.68. The van der Waals surface area contributed by atoms with Gasteiger partial charge in [-0.15, -0.1) is 0 Å². The molecule has 3 aliphatic rings. The van der Waals surface area contributed by atoms with Crippen molar-refractivity contribution in [3.8, 4) is 0 Å². The van der Waals surface area contributed by atoms with Gasteiger partial charge in [-0.25, -0.2) is 0 Å². The Morgan fingerprint density at radius 3 is 1.15 bits per heavy atom. The van der Waals surface area contributed by atoms with E-state index in [9.17, 15) is 0 Å².